The molecule has 18 heavy (non-hydrogen) atoms. The van der Waals surface area contributed by atoms with E-state index in [2.05, 4.69) is 5.32 Å². The Morgan fingerprint density at radius 1 is 1.39 bits per heavy atom. The fourth-order valence-corrected chi connectivity index (χ4v) is 2.65. The van der Waals surface area contributed by atoms with Crippen molar-refractivity contribution in [1.82, 2.24) is 10.2 Å². The van der Waals surface area contributed by atoms with E-state index in [-0.39, 0.29) is 18.2 Å². The summed E-state index contributed by atoms with van der Waals surface area (Å²) in [6.45, 7) is 3.16. The van der Waals surface area contributed by atoms with Gasteiger partial charge in [0.1, 0.15) is 6.04 Å². The van der Waals surface area contributed by atoms with Crippen LogP contribution in [-0.4, -0.2) is 53.3 Å². The van der Waals surface area contributed by atoms with E-state index in [1.54, 1.807) is 0 Å². The topological polar surface area (TPSA) is 78.9 Å². The van der Waals surface area contributed by atoms with E-state index in [0.717, 1.165) is 19.3 Å². The maximum Gasteiger partial charge on any atom is 0.326 e. The molecule has 0 bridgehead atoms. The predicted molar refractivity (Wildman–Crippen MR) is 64.3 cm³/mol. The van der Waals surface area contributed by atoms with Crippen LogP contribution in [-0.2, 0) is 9.53 Å². The number of ether oxygens (including phenoxy) is 1. The molecule has 6 nitrogen and oxygen atoms in total. The number of carbonyl (C=O) groups is 2. The quantitative estimate of drug-likeness (QED) is 0.766. The number of rotatable bonds is 2. The minimum Gasteiger partial charge on any atom is -0.480 e. The normalized spacial score (nSPS) is 32.3. The summed E-state index contributed by atoms with van der Waals surface area (Å²) in [6.07, 6.45) is 3.04. The maximum absolute atomic E-state index is 12.0. The van der Waals surface area contributed by atoms with Crippen LogP contribution in [0.4, 0.5) is 4.79 Å². The van der Waals surface area contributed by atoms with Crippen LogP contribution in [0.1, 0.15) is 32.6 Å². The van der Waals surface area contributed by atoms with Crippen LogP contribution in [0.5, 0.6) is 0 Å². The Morgan fingerprint density at radius 3 is 2.83 bits per heavy atom. The predicted octanol–water partition coefficient (Wildman–Crippen LogP) is 0.812. The Hall–Kier alpha value is -1.30. The van der Waals surface area contributed by atoms with Crippen molar-refractivity contribution in [2.45, 2.75) is 50.8 Å². The molecule has 2 N–H and O–H groups in total. The number of carboxylic acids is 1. The van der Waals surface area contributed by atoms with Gasteiger partial charge in [-0.2, -0.15) is 0 Å². The Labute approximate surface area is 106 Å². The van der Waals surface area contributed by atoms with Gasteiger partial charge < -0.3 is 20.1 Å². The molecule has 2 heterocycles. The zero-order valence-corrected chi connectivity index (χ0v) is 10.6. The third kappa shape index (κ3) is 2.93. The molecule has 0 aromatic rings. The summed E-state index contributed by atoms with van der Waals surface area (Å²) in [5, 5.41) is 12.0. The summed E-state index contributed by atoms with van der Waals surface area (Å²) in [4.78, 5) is 24.5. The number of carboxylic acid groups (broad SMARTS) is 1. The summed E-state index contributed by atoms with van der Waals surface area (Å²) in [6, 6.07) is -0.822. The lowest BCUT2D eigenvalue weighted by Crippen LogP contribution is -2.50. The molecule has 0 aromatic heterocycles. The lowest BCUT2D eigenvalue weighted by molar-refractivity contribution is -0.141. The Balaban J connectivity index is 1.89. The van der Waals surface area contributed by atoms with E-state index < -0.39 is 12.0 Å². The molecule has 2 fully saturated rings. The molecule has 0 spiro atoms. The summed E-state index contributed by atoms with van der Waals surface area (Å²) in [7, 11) is 0. The van der Waals surface area contributed by atoms with Crippen LogP contribution in [0.2, 0.25) is 0 Å². The average molecular weight is 256 g/mol. The second kappa shape index (κ2) is 5.56. The van der Waals surface area contributed by atoms with Crippen molar-refractivity contribution in [3.63, 3.8) is 0 Å². The van der Waals surface area contributed by atoms with E-state index in [1.165, 1.54) is 4.90 Å². The van der Waals surface area contributed by atoms with Gasteiger partial charge in [0.15, 0.2) is 0 Å². The largest absolute Gasteiger partial charge is 0.480 e. The number of hydrogen-bond donors (Lipinski definition) is 2. The number of nitrogens with zero attached hydrogens (tertiary/aromatic N) is 1. The van der Waals surface area contributed by atoms with Crippen LogP contribution in [0, 0.1) is 0 Å². The highest BCUT2D eigenvalue weighted by atomic mass is 16.5. The van der Waals surface area contributed by atoms with Crippen LogP contribution in [0.25, 0.3) is 0 Å². The van der Waals surface area contributed by atoms with Gasteiger partial charge >= 0.3 is 12.0 Å². The van der Waals surface area contributed by atoms with Crippen LogP contribution < -0.4 is 5.32 Å². The number of hydrogen-bond acceptors (Lipinski definition) is 3. The van der Waals surface area contributed by atoms with E-state index >= 15 is 0 Å². The van der Waals surface area contributed by atoms with Gasteiger partial charge in [0.2, 0.25) is 0 Å². The molecular weight excluding hydrogens is 236 g/mol. The lowest BCUT2D eigenvalue weighted by Gasteiger charge is -2.30. The fraction of sp³-hybridized carbons (Fsp3) is 0.833. The lowest BCUT2D eigenvalue weighted by atomic mass is 10.0. The average Bonchev–Trinajstić information content (AvgIpc) is 2.77. The van der Waals surface area contributed by atoms with Crippen molar-refractivity contribution in [1.29, 1.82) is 0 Å². The number of urea groups is 1. The van der Waals surface area contributed by atoms with Gasteiger partial charge in [0.05, 0.1) is 6.10 Å². The van der Waals surface area contributed by atoms with Gasteiger partial charge in [-0.1, -0.05) is 0 Å². The molecule has 3 atom stereocenters. The number of likely N-dealkylation sites (tertiary alicyclic amines) is 1. The summed E-state index contributed by atoms with van der Waals surface area (Å²) >= 11 is 0. The summed E-state index contributed by atoms with van der Waals surface area (Å²) in [5.74, 6) is -0.914. The second-order valence-corrected chi connectivity index (χ2v) is 5.04. The van der Waals surface area contributed by atoms with Crippen LogP contribution in [0.3, 0.4) is 0 Å². The third-order valence-electron chi connectivity index (χ3n) is 3.61. The van der Waals surface area contributed by atoms with Crippen molar-refractivity contribution in [2.24, 2.45) is 0 Å². The Kier molecular flexibility index (Phi) is 4.06. The van der Waals surface area contributed by atoms with E-state index in [9.17, 15) is 9.59 Å². The van der Waals surface area contributed by atoms with Crippen LogP contribution >= 0.6 is 0 Å². The molecule has 0 radical (unpaired) electrons. The maximum atomic E-state index is 12.0. The first-order chi connectivity index (χ1) is 8.58. The van der Waals surface area contributed by atoms with Gasteiger partial charge in [-0.3, -0.25) is 0 Å². The van der Waals surface area contributed by atoms with Gasteiger partial charge in [0.25, 0.3) is 0 Å². The Morgan fingerprint density at radius 2 is 2.17 bits per heavy atom. The fourth-order valence-electron chi connectivity index (χ4n) is 2.65. The first kappa shape index (κ1) is 13.1. The zero-order chi connectivity index (χ0) is 13.1. The number of aliphatic carboxylic acids is 1. The standard InChI is InChI=1S/C12H20N2O4/c1-8-7-9(4-6-18-8)13-12(17)14-5-2-3-10(14)11(15)16/h8-10H,2-7H2,1H3,(H,13,17)(H,15,16)/t8?,9?,10-/m0/s1. The van der Waals surface area contributed by atoms with Crippen LogP contribution in [0.15, 0.2) is 0 Å². The number of nitrogens with one attached hydrogen (secondary N) is 1. The molecule has 2 aliphatic heterocycles. The molecule has 0 saturated carbocycles. The third-order valence-corrected chi connectivity index (χ3v) is 3.61. The molecule has 102 valence electrons. The molecule has 0 aliphatic carbocycles. The molecule has 2 aliphatic rings. The zero-order valence-electron chi connectivity index (χ0n) is 10.6. The molecular formula is C12H20N2O4. The summed E-state index contributed by atoms with van der Waals surface area (Å²) < 4.78 is 5.42. The smallest absolute Gasteiger partial charge is 0.326 e. The van der Waals surface area contributed by atoms with Crippen molar-refractivity contribution in [2.75, 3.05) is 13.2 Å². The number of carbonyl (C=O) groups excluding carboxylic acids is 1. The van der Waals surface area contributed by atoms with Crippen molar-refractivity contribution in [3.05, 3.63) is 0 Å². The highest BCUT2D eigenvalue weighted by molar-refractivity contribution is 5.83. The van der Waals surface area contributed by atoms with E-state index in [4.69, 9.17) is 9.84 Å². The van der Waals surface area contributed by atoms with Gasteiger partial charge in [-0.15, -0.1) is 0 Å². The van der Waals surface area contributed by atoms with Gasteiger partial charge in [-0.05, 0) is 32.6 Å². The molecule has 2 unspecified atom stereocenters. The minimum atomic E-state index is -0.914. The molecule has 2 amide bonds. The monoisotopic (exact) mass is 256 g/mol. The SMILES string of the molecule is CC1CC(NC(=O)N2CCC[C@H]2C(=O)O)CCO1. The Bertz CT molecular complexity index is 334. The van der Waals surface area contributed by atoms with Crippen molar-refractivity contribution >= 4 is 12.0 Å². The number of amides is 2. The first-order valence-corrected chi connectivity index (χ1v) is 6.49. The van der Waals surface area contributed by atoms with E-state index in [0.29, 0.717) is 19.6 Å². The van der Waals surface area contributed by atoms with Gasteiger partial charge in [-0.25, -0.2) is 9.59 Å². The minimum absolute atomic E-state index is 0.0938. The molecule has 2 saturated heterocycles. The highest BCUT2D eigenvalue weighted by Crippen LogP contribution is 2.19. The molecule has 6 heteroatoms. The van der Waals surface area contributed by atoms with Crippen molar-refractivity contribution < 1.29 is 19.4 Å². The molecule has 2 rings (SSSR count). The van der Waals surface area contributed by atoms with Crippen molar-refractivity contribution in [3.8, 4) is 0 Å². The van der Waals surface area contributed by atoms with Gasteiger partial charge in [0, 0.05) is 19.2 Å². The summed E-state index contributed by atoms with van der Waals surface area (Å²) in [5.41, 5.74) is 0. The molecule has 0 aromatic carbocycles. The first-order valence-electron chi connectivity index (χ1n) is 6.49. The highest BCUT2D eigenvalue weighted by Gasteiger charge is 2.35. The van der Waals surface area contributed by atoms with E-state index in [1.807, 2.05) is 6.92 Å². The second-order valence-electron chi connectivity index (χ2n) is 5.04.